The predicted octanol–water partition coefficient (Wildman–Crippen LogP) is 0.500. The first kappa shape index (κ1) is 15.3. The Balaban J connectivity index is 3.47. The fourth-order valence-electron chi connectivity index (χ4n) is 1.13. The van der Waals surface area contributed by atoms with Crippen LogP contribution in [-0.2, 0) is 14.3 Å². The zero-order chi connectivity index (χ0) is 12.4. The summed E-state index contributed by atoms with van der Waals surface area (Å²) in [7, 11) is 3.18. The first-order valence-electron chi connectivity index (χ1n) is 5.69. The van der Waals surface area contributed by atoms with Crippen molar-refractivity contribution in [2.24, 2.45) is 0 Å². The van der Waals surface area contributed by atoms with E-state index in [2.05, 4.69) is 10.6 Å². The minimum absolute atomic E-state index is 0.0771. The molecule has 96 valence electrons. The molecule has 0 spiro atoms. The maximum absolute atomic E-state index is 11.4. The van der Waals surface area contributed by atoms with Crippen LogP contribution in [0.25, 0.3) is 0 Å². The van der Waals surface area contributed by atoms with Gasteiger partial charge in [-0.2, -0.15) is 0 Å². The Kier molecular flexibility index (Phi) is 9.18. The molecule has 0 aromatic carbocycles. The highest BCUT2D eigenvalue weighted by molar-refractivity contribution is 5.76. The third kappa shape index (κ3) is 7.62. The maximum atomic E-state index is 11.4. The van der Waals surface area contributed by atoms with Crippen molar-refractivity contribution in [3.8, 4) is 0 Å². The van der Waals surface area contributed by atoms with Gasteiger partial charge in [-0.15, -0.1) is 0 Å². The second kappa shape index (κ2) is 9.57. The molecule has 5 heteroatoms. The van der Waals surface area contributed by atoms with Gasteiger partial charge in [0, 0.05) is 39.8 Å². The Bertz CT molecular complexity index is 184. The molecule has 0 aromatic rings. The highest BCUT2D eigenvalue weighted by atomic mass is 16.7. The van der Waals surface area contributed by atoms with Crippen LogP contribution < -0.4 is 10.6 Å². The van der Waals surface area contributed by atoms with Gasteiger partial charge in [0.1, 0.15) is 0 Å². The summed E-state index contributed by atoms with van der Waals surface area (Å²) in [6.45, 7) is 5.26. The van der Waals surface area contributed by atoms with E-state index < -0.39 is 0 Å². The van der Waals surface area contributed by atoms with E-state index in [4.69, 9.17) is 9.47 Å². The van der Waals surface area contributed by atoms with E-state index in [0.717, 1.165) is 6.42 Å². The maximum Gasteiger partial charge on any atom is 0.221 e. The molecule has 1 amide bonds. The van der Waals surface area contributed by atoms with Crippen LogP contribution in [0.3, 0.4) is 0 Å². The molecule has 0 aliphatic rings. The minimum atomic E-state index is -0.252. The lowest BCUT2D eigenvalue weighted by atomic mass is 10.2. The van der Waals surface area contributed by atoms with Gasteiger partial charge in [0.2, 0.25) is 5.91 Å². The molecule has 0 aliphatic heterocycles. The lowest BCUT2D eigenvalue weighted by molar-refractivity contribution is -0.122. The number of hydrogen-bond donors (Lipinski definition) is 2. The Morgan fingerprint density at radius 3 is 2.44 bits per heavy atom. The molecule has 0 radical (unpaired) electrons. The smallest absolute Gasteiger partial charge is 0.221 e. The fourth-order valence-corrected chi connectivity index (χ4v) is 1.13. The largest absolute Gasteiger partial charge is 0.355 e. The van der Waals surface area contributed by atoms with Gasteiger partial charge in [-0.1, -0.05) is 6.92 Å². The Labute approximate surface area is 97.9 Å². The molecule has 1 atom stereocenters. The summed E-state index contributed by atoms with van der Waals surface area (Å²) in [5.41, 5.74) is 0. The molecule has 0 fully saturated rings. The van der Waals surface area contributed by atoms with Crippen LogP contribution in [0.1, 0.15) is 26.7 Å². The molecular formula is C11H24N2O3. The fraction of sp³-hybridized carbons (Fsp3) is 0.909. The number of nitrogens with one attached hydrogen (secondary N) is 2. The van der Waals surface area contributed by atoms with E-state index in [9.17, 15) is 4.79 Å². The van der Waals surface area contributed by atoms with Crippen molar-refractivity contribution in [3.63, 3.8) is 0 Å². The summed E-state index contributed by atoms with van der Waals surface area (Å²) >= 11 is 0. The molecule has 0 rings (SSSR count). The molecule has 0 saturated heterocycles. The number of ether oxygens (including phenoxy) is 2. The van der Waals surface area contributed by atoms with Crippen LogP contribution >= 0.6 is 0 Å². The van der Waals surface area contributed by atoms with Crippen molar-refractivity contribution >= 4 is 5.91 Å². The average molecular weight is 232 g/mol. The van der Waals surface area contributed by atoms with Crippen LogP contribution in [0.4, 0.5) is 0 Å². The summed E-state index contributed by atoms with van der Waals surface area (Å²) in [4.78, 5) is 11.4. The summed E-state index contributed by atoms with van der Waals surface area (Å²) in [5, 5.41) is 6.00. The molecule has 0 aromatic heterocycles. The van der Waals surface area contributed by atoms with Crippen LogP contribution in [0, 0.1) is 0 Å². The van der Waals surface area contributed by atoms with E-state index in [0.29, 0.717) is 19.5 Å². The number of methoxy groups -OCH3 is 2. The Morgan fingerprint density at radius 2 is 1.94 bits per heavy atom. The van der Waals surface area contributed by atoms with Crippen LogP contribution in [0.5, 0.6) is 0 Å². The van der Waals surface area contributed by atoms with E-state index >= 15 is 0 Å². The summed E-state index contributed by atoms with van der Waals surface area (Å²) in [5.74, 6) is 0.0771. The average Bonchev–Trinajstić information content (AvgIpc) is 2.29. The van der Waals surface area contributed by atoms with E-state index in [1.54, 1.807) is 14.2 Å². The Hall–Kier alpha value is -0.650. The number of hydrogen-bond acceptors (Lipinski definition) is 4. The number of carbonyl (C=O) groups excluding carboxylic acids is 1. The van der Waals surface area contributed by atoms with Crippen molar-refractivity contribution in [2.75, 3.05) is 27.3 Å². The summed E-state index contributed by atoms with van der Waals surface area (Å²) in [6, 6.07) is 0.248. The zero-order valence-corrected chi connectivity index (χ0v) is 10.7. The van der Waals surface area contributed by atoms with Crippen LogP contribution in [0.2, 0.25) is 0 Å². The first-order chi connectivity index (χ1) is 7.63. The van der Waals surface area contributed by atoms with E-state index in [1.165, 1.54) is 0 Å². The van der Waals surface area contributed by atoms with Gasteiger partial charge in [0.15, 0.2) is 6.29 Å². The molecule has 0 heterocycles. The molecule has 5 nitrogen and oxygen atoms in total. The van der Waals surface area contributed by atoms with Crippen molar-refractivity contribution in [1.29, 1.82) is 0 Å². The second-order valence-corrected chi connectivity index (χ2v) is 3.73. The van der Waals surface area contributed by atoms with Gasteiger partial charge in [-0.05, 0) is 13.3 Å². The van der Waals surface area contributed by atoms with Crippen molar-refractivity contribution in [1.82, 2.24) is 10.6 Å². The summed E-state index contributed by atoms with van der Waals surface area (Å²) in [6.07, 6.45) is 1.18. The van der Waals surface area contributed by atoms with Gasteiger partial charge < -0.3 is 20.1 Å². The van der Waals surface area contributed by atoms with Crippen molar-refractivity contribution < 1.29 is 14.3 Å². The highest BCUT2D eigenvalue weighted by Crippen LogP contribution is 1.90. The van der Waals surface area contributed by atoms with Gasteiger partial charge >= 0.3 is 0 Å². The highest BCUT2D eigenvalue weighted by Gasteiger charge is 2.06. The summed E-state index contributed by atoms with van der Waals surface area (Å²) < 4.78 is 10.0. The zero-order valence-electron chi connectivity index (χ0n) is 10.7. The number of carbonyl (C=O) groups is 1. The predicted molar refractivity (Wildman–Crippen MR) is 63.2 cm³/mol. The topological polar surface area (TPSA) is 59.6 Å². The van der Waals surface area contributed by atoms with Gasteiger partial charge in [-0.3, -0.25) is 4.79 Å². The number of amides is 1. The van der Waals surface area contributed by atoms with Crippen molar-refractivity contribution in [2.45, 2.75) is 39.0 Å². The van der Waals surface area contributed by atoms with Crippen LogP contribution in [0.15, 0.2) is 0 Å². The lowest BCUT2D eigenvalue weighted by Crippen LogP contribution is -2.36. The molecule has 0 aliphatic carbocycles. The first-order valence-corrected chi connectivity index (χ1v) is 5.69. The van der Waals surface area contributed by atoms with Gasteiger partial charge in [0.05, 0.1) is 0 Å². The van der Waals surface area contributed by atoms with E-state index in [1.807, 2.05) is 13.8 Å². The molecule has 1 unspecified atom stereocenters. The molecule has 16 heavy (non-hydrogen) atoms. The third-order valence-corrected chi connectivity index (χ3v) is 2.39. The van der Waals surface area contributed by atoms with Crippen LogP contribution in [-0.4, -0.2) is 45.5 Å². The normalized spacial score (nSPS) is 12.8. The monoisotopic (exact) mass is 232 g/mol. The molecule has 2 N–H and O–H groups in total. The van der Waals surface area contributed by atoms with Crippen molar-refractivity contribution in [3.05, 3.63) is 0 Å². The quantitative estimate of drug-likeness (QED) is 0.449. The van der Waals surface area contributed by atoms with Gasteiger partial charge in [-0.25, -0.2) is 0 Å². The third-order valence-electron chi connectivity index (χ3n) is 2.39. The second-order valence-electron chi connectivity index (χ2n) is 3.73. The minimum Gasteiger partial charge on any atom is -0.355 e. The Morgan fingerprint density at radius 1 is 1.31 bits per heavy atom. The molecule has 0 bridgehead atoms. The molecular weight excluding hydrogens is 208 g/mol. The van der Waals surface area contributed by atoms with E-state index in [-0.39, 0.29) is 18.2 Å². The standard InChI is InChI=1S/C11H24N2O3/c1-5-9(2)13-10(14)6-7-12-8-11(15-3)16-4/h9,11-12H,5-8H2,1-4H3,(H,13,14). The SMILES string of the molecule is CCC(C)NC(=O)CCNCC(OC)OC. The lowest BCUT2D eigenvalue weighted by Gasteiger charge is -2.14. The molecule has 0 saturated carbocycles. The van der Waals surface area contributed by atoms with Gasteiger partial charge in [0.25, 0.3) is 0 Å². The number of rotatable bonds is 9.